The lowest BCUT2D eigenvalue weighted by atomic mass is 9.97. The van der Waals surface area contributed by atoms with E-state index >= 15 is 0 Å². The number of H-pyrrole nitrogens is 1. The van der Waals surface area contributed by atoms with E-state index in [2.05, 4.69) is 55.6 Å². The highest BCUT2D eigenvalue weighted by Crippen LogP contribution is 2.35. The van der Waals surface area contributed by atoms with Crippen molar-refractivity contribution >= 4 is 39.0 Å². The summed E-state index contributed by atoms with van der Waals surface area (Å²) in [6.07, 6.45) is 3.52. The van der Waals surface area contributed by atoms with Crippen molar-refractivity contribution in [3.05, 3.63) is 51.9 Å². The van der Waals surface area contributed by atoms with E-state index in [9.17, 15) is 0 Å². The van der Waals surface area contributed by atoms with Crippen molar-refractivity contribution in [2.45, 2.75) is 32.7 Å². The third-order valence-electron chi connectivity index (χ3n) is 4.39. The van der Waals surface area contributed by atoms with Crippen LogP contribution >= 0.6 is 15.9 Å². The van der Waals surface area contributed by atoms with Gasteiger partial charge in [0.2, 0.25) is 5.96 Å². The number of aliphatic imine (C=N–C) groups is 1. The number of hydrogen-bond acceptors (Lipinski definition) is 6. The minimum atomic E-state index is -0.139. The van der Waals surface area contributed by atoms with Gasteiger partial charge in [-0.3, -0.25) is 10.4 Å². The molecule has 1 aromatic carbocycles. The summed E-state index contributed by atoms with van der Waals surface area (Å²) in [5.41, 5.74) is 4.86. The first-order chi connectivity index (χ1) is 12.7. The zero-order valence-electron chi connectivity index (χ0n) is 14.5. The fraction of sp³-hybridized carbons (Fsp3) is 0.278. The molecule has 1 aliphatic heterocycles. The highest BCUT2D eigenvalue weighted by molar-refractivity contribution is 9.10. The van der Waals surface area contributed by atoms with Crippen LogP contribution in [-0.2, 0) is 0 Å². The summed E-state index contributed by atoms with van der Waals surface area (Å²) in [5.74, 6) is 0.608. The van der Waals surface area contributed by atoms with E-state index in [1.165, 1.54) is 5.57 Å². The maximum absolute atomic E-state index is 5.75. The van der Waals surface area contributed by atoms with E-state index in [1.54, 1.807) is 6.20 Å². The molecule has 0 fully saturated rings. The van der Waals surface area contributed by atoms with E-state index < -0.39 is 0 Å². The first-order valence-corrected chi connectivity index (χ1v) is 9.37. The molecular formula is C18H19BrN6O. The second-order valence-electron chi connectivity index (χ2n) is 5.96. The van der Waals surface area contributed by atoms with Crippen molar-refractivity contribution < 1.29 is 4.42 Å². The number of aromatic amines is 1. The smallest absolute Gasteiger partial charge is 0.302 e. The Hall–Kier alpha value is -2.61. The first-order valence-electron chi connectivity index (χ1n) is 8.57. The summed E-state index contributed by atoms with van der Waals surface area (Å²) in [6.45, 7) is 4.26. The van der Waals surface area contributed by atoms with Gasteiger partial charge in [0.25, 0.3) is 0 Å². The summed E-state index contributed by atoms with van der Waals surface area (Å²) >= 11 is 3.55. The average Bonchev–Trinajstić information content (AvgIpc) is 3.26. The number of anilines is 1. The van der Waals surface area contributed by atoms with Gasteiger partial charge in [-0.25, -0.2) is 4.99 Å². The van der Waals surface area contributed by atoms with Crippen LogP contribution in [-0.4, -0.2) is 21.1 Å². The van der Waals surface area contributed by atoms with Gasteiger partial charge in [0, 0.05) is 5.70 Å². The van der Waals surface area contributed by atoms with Gasteiger partial charge in [-0.2, -0.15) is 10.1 Å². The van der Waals surface area contributed by atoms with Crippen LogP contribution in [0.25, 0.3) is 11.1 Å². The van der Waals surface area contributed by atoms with E-state index in [-0.39, 0.29) is 6.04 Å². The third-order valence-corrected chi connectivity index (χ3v) is 5.02. The Morgan fingerprint density at radius 3 is 2.77 bits per heavy atom. The number of para-hydroxylation sites is 2. The fourth-order valence-electron chi connectivity index (χ4n) is 3.15. The minimum absolute atomic E-state index is 0.139. The Morgan fingerprint density at radius 2 is 2.08 bits per heavy atom. The molecule has 26 heavy (non-hydrogen) atoms. The molecule has 0 bridgehead atoms. The highest BCUT2D eigenvalue weighted by atomic mass is 79.9. The Bertz CT molecular complexity index is 969. The molecule has 0 saturated heterocycles. The molecule has 1 unspecified atom stereocenters. The molecule has 134 valence electrons. The van der Waals surface area contributed by atoms with Gasteiger partial charge in [-0.05, 0) is 46.5 Å². The first kappa shape index (κ1) is 16.8. The topological polar surface area (TPSA) is 91.1 Å². The Labute approximate surface area is 159 Å². The molecule has 0 radical (unpaired) electrons. The van der Waals surface area contributed by atoms with Gasteiger partial charge in [-0.15, -0.1) is 0 Å². The summed E-state index contributed by atoms with van der Waals surface area (Å²) in [5, 5.41) is 13.7. The van der Waals surface area contributed by atoms with Crippen LogP contribution in [0.3, 0.4) is 0 Å². The van der Waals surface area contributed by atoms with E-state index in [0.717, 1.165) is 39.8 Å². The predicted molar refractivity (Wildman–Crippen MR) is 105 cm³/mol. The highest BCUT2D eigenvalue weighted by Gasteiger charge is 2.27. The molecule has 2 aromatic heterocycles. The Morgan fingerprint density at radius 1 is 1.23 bits per heavy atom. The van der Waals surface area contributed by atoms with Crippen LogP contribution in [0.15, 0.2) is 55.6 Å². The van der Waals surface area contributed by atoms with Crippen LogP contribution in [0.4, 0.5) is 6.01 Å². The summed E-state index contributed by atoms with van der Waals surface area (Å²) in [7, 11) is 0. The largest absolute Gasteiger partial charge is 0.423 e. The summed E-state index contributed by atoms with van der Waals surface area (Å²) in [6, 6.07) is 7.93. The molecule has 0 spiro atoms. The molecule has 3 aromatic rings. The van der Waals surface area contributed by atoms with Gasteiger partial charge in [0.1, 0.15) is 11.6 Å². The van der Waals surface area contributed by atoms with Gasteiger partial charge in [0.15, 0.2) is 5.58 Å². The standard InChI is InChI=1S/C18H19BrN6O/c1-3-10-12(4-2)21-17(23-15(10)16-11(19)9-20-25-16)24-18-22-13-7-5-6-8-14(13)26-18/h5-9,15H,3-4H2,1-2H3,(H,20,25)(H2,21,22,23,24). The second-order valence-corrected chi connectivity index (χ2v) is 6.81. The number of benzene rings is 1. The van der Waals surface area contributed by atoms with Crippen LogP contribution in [0.2, 0.25) is 0 Å². The lowest BCUT2D eigenvalue weighted by Crippen LogP contribution is -2.35. The zero-order chi connectivity index (χ0) is 18.1. The average molecular weight is 415 g/mol. The monoisotopic (exact) mass is 414 g/mol. The van der Waals surface area contributed by atoms with Crippen molar-refractivity contribution in [2.24, 2.45) is 4.99 Å². The minimum Gasteiger partial charge on any atom is -0.423 e. The maximum Gasteiger partial charge on any atom is 0.302 e. The van der Waals surface area contributed by atoms with Gasteiger partial charge in [-0.1, -0.05) is 26.0 Å². The van der Waals surface area contributed by atoms with Crippen LogP contribution < -0.4 is 10.6 Å². The van der Waals surface area contributed by atoms with E-state index in [4.69, 9.17) is 9.41 Å². The molecule has 7 nitrogen and oxygen atoms in total. The molecule has 0 aliphatic carbocycles. The van der Waals surface area contributed by atoms with Crippen molar-refractivity contribution in [3.8, 4) is 0 Å². The number of nitrogens with one attached hydrogen (secondary N) is 3. The molecule has 4 rings (SSSR count). The van der Waals surface area contributed by atoms with Gasteiger partial charge < -0.3 is 9.73 Å². The number of oxazole rings is 1. The number of rotatable bonds is 4. The molecule has 1 atom stereocenters. The zero-order valence-corrected chi connectivity index (χ0v) is 16.1. The number of aromatic nitrogens is 3. The normalized spacial score (nSPS) is 17.3. The second kappa shape index (κ2) is 6.95. The third kappa shape index (κ3) is 3.01. The number of halogens is 1. The van der Waals surface area contributed by atoms with Crippen molar-refractivity contribution in [1.29, 1.82) is 0 Å². The van der Waals surface area contributed by atoms with Crippen molar-refractivity contribution in [3.63, 3.8) is 0 Å². The van der Waals surface area contributed by atoms with Crippen molar-refractivity contribution in [2.75, 3.05) is 5.32 Å². The lowest BCUT2D eigenvalue weighted by Gasteiger charge is -2.27. The quantitative estimate of drug-likeness (QED) is 0.584. The number of nitrogens with zero attached hydrogens (tertiary/aromatic N) is 3. The number of guanidine groups is 1. The molecule has 3 heterocycles. The van der Waals surface area contributed by atoms with E-state index in [1.807, 2.05) is 24.3 Å². The number of fused-ring (bicyclic) bond motifs is 1. The van der Waals surface area contributed by atoms with E-state index in [0.29, 0.717) is 12.0 Å². The Balaban J connectivity index is 1.69. The molecule has 0 amide bonds. The van der Waals surface area contributed by atoms with Crippen molar-refractivity contribution in [1.82, 2.24) is 20.5 Å². The predicted octanol–water partition coefficient (Wildman–Crippen LogP) is 4.50. The summed E-state index contributed by atoms with van der Waals surface area (Å²) in [4.78, 5) is 9.29. The summed E-state index contributed by atoms with van der Waals surface area (Å²) < 4.78 is 6.67. The number of hydrogen-bond donors (Lipinski definition) is 3. The van der Waals surface area contributed by atoms with Crippen LogP contribution in [0.1, 0.15) is 38.4 Å². The molecule has 0 saturated carbocycles. The number of allylic oxidation sites excluding steroid dienone is 1. The molecule has 3 N–H and O–H groups in total. The van der Waals surface area contributed by atoms with Crippen LogP contribution in [0.5, 0.6) is 0 Å². The van der Waals surface area contributed by atoms with Gasteiger partial charge >= 0.3 is 6.01 Å². The molecular weight excluding hydrogens is 396 g/mol. The Kier molecular flexibility index (Phi) is 4.50. The fourth-order valence-corrected chi connectivity index (χ4v) is 3.56. The van der Waals surface area contributed by atoms with Crippen LogP contribution in [0, 0.1) is 0 Å². The molecule has 1 aliphatic rings. The maximum atomic E-state index is 5.75. The van der Waals surface area contributed by atoms with Gasteiger partial charge in [0.05, 0.1) is 16.4 Å². The SMILES string of the molecule is CCC1=C(CC)C(c2[nH]ncc2Br)N=C(Nc2nc3ccccc3o2)N1. The lowest BCUT2D eigenvalue weighted by molar-refractivity contribution is 0.621. The molecule has 8 heteroatoms.